The third kappa shape index (κ3) is 5.43. The number of hydrogen-bond acceptors (Lipinski definition) is 5. The third-order valence-electron chi connectivity index (χ3n) is 5.70. The molecule has 1 N–H and O–H groups in total. The highest BCUT2D eigenvalue weighted by Gasteiger charge is 2.28. The SMILES string of the molecule is COc1cc(Cl)cc(CN2CCN(Cc3ccccc3C)C(CCO)C2)c1OC. The van der Waals surface area contributed by atoms with Crippen LogP contribution in [-0.2, 0) is 13.1 Å². The number of methoxy groups -OCH3 is 2. The third-order valence-corrected chi connectivity index (χ3v) is 5.92. The van der Waals surface area contributed by atoms with E-state index in [-0.39, 0.29) is 6.61 Å². The van der Waals surface area contributed by atoms with Gasteiger partial charge in [0.1, 0.15) is 0 Å². The molecule has 0 spiro atoms. The van der Waals surface area contributed by atoms with Gasteiger partial charge >= 0.3 is 0 Å². The van der Waals surface area contributed by atoms with Crippen LogP contribution >= 0.6 is 11.6 Å². The van der Waals surface area contributed by atoms with Gasteiger partial charge in [0, 0.05) is 62.0 Å². The number of hydrogen-bond donors (Lipinski definition) is 1. The smallest absolute Gasteiger partial charge is 0.165 e. The lowest BCUT2D eigenvalue weighted by molar-refractivity contribution is 0.0495. The summed E-state index contributed by atoms with van der Waals surface area (Å²) in [5.41, 5.74) is 3.69. The van der Waals surface area contributed by atoms with Crippen LogP contribution in [0.2, 0.25) is 5.02 Å². The fraction of sp³-hybridized carbons (Fsp3) is 0.478. The van der Waals surface area contributed by atoms with Crippen LogP contribution in [0.1, 0.15) is 23.1 Å². The summed E-state index contributed by atoms with van der Waals surface area (Å²) in [4.78, 5) is 4.90. The van der Waals surface area contributed by atoms with E-state index >= 15 is 0 Å². The van der Waals surface area contributed by atoms with Crippen molar-refractivity contribution in [3.8, 4) is 11.5 Å². The lowest BCUT2D eigenvalue weighted by Gasteiger charge is -2.42. The Hall–Kier alpha value is -1.79. The van der Waals surface area contributed by atoms with Crippen LogP contribution in [0, 0.1) is 6.92 Å². The zero-order valence-electron chi connectivity index (χ0n) is 17.5. The quantitative estimate of drug-likeness (QED) is 0.707. The Kier molecular flexibility index (Phi) is 7.78. The molecule has 1 unspecified atom stereocenters. The summed E-state index contributed by atoms with van der Waals surface area (Å²) in [6.45, 7) is 6.80. The normalized spacial score (nSPS) is 18.0. The van der Waals surface area contributed by atoms with Crippen molar-refractivity contribution >= 4 is 11.6 Å². The monoisotopic (exact) mass is 418 g/mol. The number of piperazine rings is 1. The Labute approximate surface area is 178 Å². The second-order valence-corrected chi connectivity index (χ2v) is 8.04. The maximum absolute atomic E-state index is 9.62. The summed E-state index contributed by atoms with van der Waals surface area (Å²) in [5.74, 6) is 1.39. The Bertz CT molecular complexity index is 815. The van der Waals surface area contributed by atoms with Crippen molar-refractivity contribution in [2.75, 3.05) is 40.5 Å². The van der Waals surface area contributed by atoms with Crippen molar-refractivity contribution in [1.29, 1.82) is 0 Å². The second-order valence-electron chi connectivity index (χ2n) is 7.60. The number of aliphatic hydroxyl groups is 1. The molecule has 0 aliphatic carbocycles. The van der Waals surface area contributed by atoms with Crippen molar-refractivity contribution in [3.05, 3.63) is 58.1 Å². The molecule has 29 heavy (non-hydrogen) atoms. The average molecular weight is 419 g/mol. The van der Waals surface area contributed by atoms with Gasteiger partial charge < -0.3 is 14.6 Å². The van der Waals surface area contributed by atoms with E-state index in [9.17, 15) is 5.11 Å². The number of aryl methyl sites for hydroxylation is 1. The van der Waals surface area contributed by atoms with Crippen molar-refractivity contribution in [2.45, 2.75) is 32.5 Å². The van der Waals surface area contributed by atoms with Crippen LogP contribution < -0.4 is 9.47 Å². The van der Waals surface area contributed by atoms with Crippen LogP contribution in [0.5, 0.6) is 11.5 Å². The van der Waals surface area contributed by atoms with Gasteiger partial charge in [-0.05, 0) is 30.5 Å². The zero-order valence-corrected chi connectivity index (χ0v) is 18.3. The molecule has 0 bridgehead atoms. The first-order chi connectivity index (χ1) is 14.0. The minimum atomic E-state index is 0.192. The van der Waals surface area contributed by atoms with Crippen LogP contribution in [0.25, 0.3) is 0 Å². The largest absolute Gasteiger partial charge is 0.493 e. The van der Waals surface area contributed by atoms with Crippen LogP contribution in [-0.4, -0.2) is 61.4 Å². The summed E-state index contributed by atoms with van der Waals surface area (Å²) in [6.07, 6.45) is 0.762. The molecule has 158 valence electrons. The minimum absolute atomic E-state index is 0.192. The fourth-order valence-corrected chi connectivity index (χ4v) is 4.33. The van der Waals surface area contributed by atoms with Crippen LogP contribution in [0.15, 0.2) is 36.4 Å². The second kappa shape index (κ2) is 10.3. The molecule has 2 aromatic rings. The molecule has 1 heterocycles. The van der Waals surface area contributed by atoms with Gasteiger partial charge in [0.2, 0.25) is 0 Å². The van der Waals surface area contributed by atoms with Crippen molar-refractivity contribution in [2.24, 2.45) is 0 Å². The Balaban J connectivity index is 1.73. The molecule has 1 atom stereocenters. The van der Waals surface area contributed by atoms with Crippen molar-refractivity contribution in [3.63, 3.8) is 0 Å². The van der Waals surface area contributed by atoms with Crippen LogP contribution in [0.3, 0.4) is 0 Å². The van der Waals surface area contributed by atoms with Crippen molar-refractivity contribution in [1.82, 2.24) is 9.80 Å². The average Bonchev–Trinajstić information content (AvgIpc) is 2.71. The predicted octanol–water partition coefficient (Wildman–Crippen LogP) is 3.73. The van der Waals surface area contributed by atoms with E-state index in [1.54, 1.807) is 20.3 Å². The van der Waals surface area contributed by atoms with E-state index in [1.165, 1.54) is 11.1 Å². The van der Waals surface area contributed by atoms with Gasteiger partial charge in [0.05, 0.1) is 14.2 Å². The number of aliphatic hydroxyl groups excluding tert-OH is 1. The summed E-state index contributed by atoms with van der Waals surface area (Å²) >= 11 is 6.29. The van der Waals surface area contributed by atoms with E-state index in [0.717, 1.165) is 50.5 Å². The first-order valence-electron chi connectivity index (χ1n) is 10.1. The van der Waals surface area contributed by atoms with E-state index in [1.807, 2.05) is 6.07 Å². The number of nitrogens with zero attached hydrogens (tertiary/aromatic N) is 2. The van der Waals surface area contributed by atoms with E-state index in [4.69, 9.17) is 21.1 Å². The standard InChI is InChI=1S/C23H31ClN2O3/c1-17-6-4-5-7-18(17)15-26-10-9-25(16-21(26)8-11-27)14-19-12-20(24)13-22(28-2)23(19)29-3/h4-7,12-13,21,27H,8-11,14-16H2,1-3H3. The van der Waals surface area contributed by atoms with E-state index in [2.05, 4.69) is 41.0 Å². The molecule has 0 saturated carbocycles. The van der Waals surface area contributed by atoms with Crippen molar-refractivity contribution < 1.29 is 14.6 Å². The number of benzene rings is 2. The summed E-state index contributed by atoms with van der Waals surface area (Å²) in [6, 6.07) is 12.6. The van der Waals surface area contributed by atoms with Gasteiger partial charge in [-0.3, -0.25) is 9.80 Å². The lowest BCUT2D eigenvalue weighted by Crippen LogP contribution is -2.52. The Morgan fingerprint density at radius 1 is 1.07 bits per heavy atom. The van der Waals surface area contributed by atoms with Crippen LogP contribution in [0.4, 0.5) is 0 Å². The molecular weight excluding hydrogens is 388 g/mol. The molecule has 0 radical (unpaired) electrons. The van der Waals surface area contributed by atoms with Gasteiger partial charge in [0.25, 0.3) is 0 Å². The highest BCUT2D eigenvalue weighted by molar-refractivity contribution is 6.30. The number of rotatable bonds is 8. The lowest BCUT2D eigenvalue weighted by atomic mass is 10.0. The topological polar surface area (TPSA) is 45.2 Å². The predicted molar refractivity (Wildman–Crippen MR) is 117 cm³/mol. The molecule has 0 amide bonds. The zero-order chi connectivity index (χ0) is 20.8. The van der Waals surface area contributed by atoms with Gasteiger partial charge in [-0.1, -0.05) is 35.9 Å². The molecule has 1 aliphatic rings. The van der Waals surface area contributed by atoms with Gasteiger partial charge in [-0.2, -0.15) is 0 Å². The molecule has 1 fully saturated rings. The Morgan fingerprint density at radius 2 is 1.86 bits per heavy atom. The first kappa shape index (κ1) is 21.9. The maximum atomic E-state index is 9.62. The molecule has 1 aliphatic heterocycles. The van der Waals surface area contributed by atoms with Gasteiger partial charge in [0.15, 0.2) is 11.5 Å². The number of ether oxygens (including phenoxy) is 2. The number of halogens is 1. The highest BCUT2D eigenvalue weighted by Crippen LogP contribution is 2.35. The molecular formula is C23H31ClN2O3. The molecule has 5 nitrogen and oxygen atoms in total. The Morgan fingerprint density at radius 3 is 2.55 bits per heavy atom. The molecule has 2 aromatic carbocycles. The van der Waals surface area contributed by atoms with E-state index < -0.39 is 0 Å². The minimum Gasteiger partial charge on any atom is -0.493 e. The summed E-state index contributed by atoms with van der Waals surface area (Å²) < 4.78 is 11.0. The first-order valence-corrected chi connectivity index (χ1v) is 10.5. The van der Waals surface area contributed by atoms with Gasteiger partial charge in [-0.25, -0.2) is 0 Å². The summed E-state index contributed by atoms with van der Waals surface area (Å²) in [7, 11) is 3.28. The van der Waals surface area contributed by atoms with Gasteiger partial charge in [-0.15, -0.1) is 0 Å². The maximum Gasteiger partial charge on any atom is 0.165 e. The highest BCUT2D eigenvalue weighted by atomic mass is 35.5. The molecule has 1 saturated heterocycles. The fourth-order valence-electron chi connectivity index (χ4n) is 4.10. The molecule has 6 heteroatoms. The summed E-state index contributed by atoms with van der Waals surface area (Å²) in [5, 5.41) is 10.3. The molecule has 3 rings (SSSR count). The molecule has 0 aromatic heterocycles. The van der Waals surface area contributed by atoms with E-state index in [0.29, 0.717) is 16.8 Å².